The summed E-state index contributed by atoms with van der Waals surface area (Å²) in [5.74, 6) is -1.84. The molecule has 152 valence electrons. The molecule has 1 aliphatic heterocycles. The molecule has 7 heteroatoms. The number of benzene rings is 2. The van der Waals surface area contributed by atoms with E-state index < -0.39 is 29.6 Å². The largest absolute Gasteiger partial charge is 0.496 e. The van der Waals surface area contributed by atoms with Crippen molar-refractivity contribution in [2.45, 2.75) is 32.9 Å². The quantitative estimate of drug-likeness (QED) is 0.526. The summed E-state index contributed by atoms with van der Waals surface area (Å²) in [6, 6.07) is 9.28. The van der Waals surface area contributed by atoms with E-state index in [0.717, 1.165) is 4.90 Å². The van der Waals surface area contributed by atoms with Crippen LogP contribution in [0.15, 0.2) is 42.5 Å². The van der Waals surface area contributed by atoms with Gasteiger partial charge in [0.1, 0.15) is 24.2 Å². The van der Waals surface area contributed by atoms with Gasteiger partial charge in [-0.2, -0.15) is 0 Å². The number of ether oxygens (including phenoxy) is 2. The number of rotatable bonds is 7. The van der Waals surface area contributed by atoms with Crippen molar-refractivity contribution in [3.8, 4) is 5.75 Å². The second kappa shape index (κ2) is 8.43. The lowest BCUT2D eigenvalue weighted by Crippen LogP contribution is -2.46. The Balaban J connectivity index is 1.83. The molecule has 1 heterocycles. The normalized spacial score (nSPS) is 14.2. The maximum Gasteiger partial charge on any atom is 0.329 e. The van der Waals surface area contributed by atoms with E-state index in [1.165, 1.54) is 25.3 Å². The van der Waals surface area contributed by atoms with E-state index in [1.54, 1.807) is 24.3 Å². The van der Waals surface area contributed by atoms with Gasteiger partial charge >= 0.3 is 5.97 Å². The predicted octanol–water partition coefficient (Wildman–Crippen LogP) is 3.59. The van der Waals surface area contributed by atoms with Gasteiger partial charge in [0.15, 0.2) is 0 Å². The molecular weight excluding hydrogens is 377 g/mol. The van der Waals surface area contributed by atoms with Crippen LogP contribution < -0.4 is 4.74 Å². The first-order chi connectivity index (χ1) is 13.8. The first kappa shape index (κ1) is 20.5. The minimum atomic E-state index is -1.07. The third-order valence-corrected chi connectivity index (χ3v) is 4.72. The molecular formula is C22H22FNO5. The highest BCUT2D eigenvalue weighted by atomic mass is 19.1. The van der Waals surface area contributed by atoms with Crippen LogP contribution in [0.3, 0.4) is 0 Å². The number of carbonyl (C=O) groups is 3. The van der Waals surface area contributed by atoms with Gasteiger partial charge in [0, 0.05) is 5.56 Å². The van der Waals surface area contributed by atoms with E-state index in [2.05, 4.69) is 0 Å². The molecule has 1 atom stereocenters. The summed E-state index contributed by atoms with van der Waals surface area (Å²) >= 11 is 0. The molecule has 6 nitrogen and oxygen atoms in total. The summed E-state index contributed by atoms with van der Waals surface area (Å²) in [4.78, 5) is 39.4. The lowest BCUT2D eigenvalue weighted by Gasteiger charge is -2.26. The third kappa shape index (κ3) is 4.13. The average molecular weight is 399 g/mol. The molecule has 0 bridgehead atoms. The number of amides is 2. The Labute approximate surface area is 168 Å². The monoisotopic (exact) mass is 399 g/mol. The van der Waals surface area contributed by atoms with Crippen molar-refractivity contribution in [1.29, 1.82) is 0 Å². The number of methoxy groups -OCH3 is 1. The molecule has 0 N–H and O–H groups in total. The number of carbonyl (C=O) groups excluding carboxylic acids is 3. The van der Waals surface area contributed by atoms with Gasteiger partial charge in [-0.1, -0.05) is 26.0 Å². The molecule has 0 aromatic heterocycles. The van der Waals surface area contributed by atoms with Crippen LogP contribution in [0, 0.1) is 11.7 Å². The van der Waals surface area contributed by atoms with Crippen molar-refractivity contribution in [2.24, 2.45) is 5.92 Å². The van der Waals surface area contributed by atoms with Gasteiger partial charge in [0.05, 0.1) is 18.2 Å². The number of fused-ring (bicyclic) bond motifs is 1. The van der Waals surface area contributed by atoms with E-state index in [9.17, 15) is 18.8 Å². The summed E-state index contributed by atoms with van der Waals surface area (Å²) in [6.07, 6.45) is 0.255. The van der Waals surface area contributed by atoms with E-state index in [-0.39, 0.29) is 30.1 Å². The molecule has 2 aromatic carbocycles. The van der Waals surface area contributed by atoms with Crippen LogP contribution in [0.4, 0.5) is 4.39 Å². The molecule has 0 aliphatic carbocycles. The Hall–Kier alpha value is -3.22. The summed E-state index contributed by atoms with van der Waals surface area (Å²) < 4.78 is 24.1. The highest BCUT2D eigenvalue weighted by molar-refractivity contribution is 6.22. The van der Waals surface area contributed by atoms with Crippen molar-refractivity contribution in [1.82, 2.24) is 4.90 Å². The van der Waals surface area contributed by atoms with Gasteiger partial charge in [-0.3, -0.25) is 14.5 Å². The second-order valence-corrected chi connectivity index (χ2v) is 7.24. The number of hydrogen-bond donors (Lipinski definition) is 0. The molecule has 0 saturated carbocycles. The van der Waals surface area contributed by atoms with Crippen LogP contribution in [-0.4, -0.2) is 35.8 Å². The Kier molecular flexibility index (Phi) is 5.96. The van der Waals surface area contributed by atoms with E-state index in [0.29, 0.717) is 11.3 Å². The number of nitrogens with zero attached hydrogens (tertiary/aromatic N) is 1. The summed E-state index contributed by atoms with van der Waals surface area (Å²) in [5, 5.41) is 0. The van der Waals surface area contributed by atoms with Gasteiger partial charge in [-0.15, -0.1) is 0 Å². The molecule has 0 fully saturated rings. The number of halogens is 1. The smallest absolute Gasteiger partial charge is 0.329 e. The minimum Gasteiger partial charge on any atom is -0.496 e. The Bertz CT molecular complexity index is 921. The molecule has 29 heavy (non-hydrogen) atoms. The van der Waals surface area contributed by atoms with Crippen LogP contribution in [0.1, 0.15) is 46.5 Å². The van der Waals surface area contributed by atoms with Gasteiger partial charge in [-0.25, -0.2) is 9.18 Å². The molecule has 0 saturated heterocycles. The van der Waals surface area contributed by atoms with Crippen molar-refractivity contribution in [3.63, 3.8) is 0 Å². The van der Waals surface area contributed by atoms with Crippen molar-refractivity contribution in [3.05, 3.63) is 65.0 Å². The minimum absolute atomic E-state index is 0.0283. The topological polar surface area (TPSA) is 72.9 Å². The standard InChI is InChI=1S/C22H22FNO5/c1-13(2)10-18(24-20(25)16-6-4-5-7-17(16)21(24)26)22(27)29-12-14-11-15(23)8-9-19(14)28-3/h4-9,11,13,18H,10,12H2,1-3H3. The fourth-order valence-corrected chi connectivity index (χ4v) is 3.35. The first-order valence-electron chi connectivity index (χ1n) is 9.29. The zero-order valence-electron chi connectivity index (χ0n) is 16.5. The van der Waals surface area contributed by atoms with Crippen molar-refractivity contribution >= 4 is 17.8 Å². The molecule has 1 unspecified atom stereocenters. The third-order valence-electron chi connectivity index (χ3n) is 4.72. The van der Waals surface area contributed by atoms with Gasteiger partial charge < -0.3 is 9.47 Å². The Morgan fingerprint density at radius 3 is 2.24 bits per heavy atom. The van der Waals surface area contributed by atoms with Crippen molar-refractivity contribution in [2.75, 3.05) is 7.11 Å². The van der Waals surface area contributed by atoms with Crippen molar-refractivity contribution < 1.29 is 28.2 Å². The summed E-state index contributed by atoms with van der Waals surface area (Å²) in [5.41, 5.74) is 0.892. The first-order valence-corrected chi connectivity index (χ1v) is 9.29. The molecule has 0 radical (unpaired) electrons. The van der Waals surface area contributed by atoms with Gasteiger partial charge in [0.2, 0.25) is 0 Å². The maximum absolute atomic E-state index is 13.5. The number of esters is 1. The molecule has 2 amide bonds. The lowest BCUT2D eigenvalue weighted by atomic mass is 10.0. The maximum atomic E-state index is 13.5. The molecule has 0 spiro atoms. The molecule has 3 rings (SSSR count). The summed E-state index contributed by atoms with van der Waals surface area (Å²) in [6.45, 7) is 3.53. The SMILES string of the molecule is COc1ccc(F)cc1COC(=O)C(CC(C)C)N1C(=O)c2ccccc2C1=O. The van der Waals surface area contributed by atoms with Crippen LogP contribution >= 0.6 is 0 Å². The van der Waals surface area contributed by atoms with E-state index in [4.69, 9.17) is 9.47 Å². The lowest BCUT2D eigenvalue weighted by molar-refractivity contribution is -0.150. The zero-order valence-corrected chi connectivity index (χ0v) is 16.5. The van der Waals surface area contributed by atoms with Crippen LogP contribution in [0.5, 0.6) is 5.75 Å². The van der Waals surface area contributed by atoms with E-state index in [1.807, 2.05) is 13.8 Å². The highest BCUT2D eigenvalue weighted by Crippen LogP contribution is 2.28. The van der Waals surface area contributed by atoms with E-state index >= 15 is 0 Å². The fourth-order valence-electron chi connectivity index (χ4n) is 3.35. The predicted molar refractivity (Wildman–Crippen MR) is 103 cm³/mol. The highest BCUT2D eigenvalue weighted by Gasteiger charge is 2.43. The Morgan fingerprint density at radius 2 is 1.69 bits per heavy atom. The summed E-state index contributed by atoms with van der Waals surface area (Å²) in [7, 11) is 1.43. The molecule has 2 aromatic rings. The number of hydrogen-bond acceptors (Lipinski definition) is 5. The van der Waals surface area contributed by atoms with Gasteiger partial charge in [-0.05, 0) is 42.7 Å². The van der Waals surface area contributed by atoms with Crippen LogP contribution in [0.25, 0.3) is 0 Å². The van der Waals surface area contributed by atoms with Crippen LogP contribution in [0.2, 0.25) is 0 Å². The fraction of sp³-hybridized carbons (Fsp3) is 0.318. The molecule has 1 aliphatic rings. The second-order valence-electron chi connectivity index (χ2n) is 7.24. The Morgan fingerprint density at radius 1 is 1.07 bits per heavy atom. The number of imide groups is 1. The van der Waals surface area contributed by atoms with Gasteiger partial charge in [0.25, 0.3) is 11.8 Å². The zero-order chi connectivity index (χ0) is 21.1. The van der Waals surface area contributed by atoms with Crippen LogP contribution in [-0.2, 0) is 16.1 Å². The average Bonchev–Trinajstić information content (AvgIpc) is 2.95.